The van der Waals surface area contributed by atoms with E-state index in [4.69, 9.17) is 23.7 Å². The monoisotopic (exact) mass is 464 g/mol. The maximum atomic E-state index is 6.70. The van der Waals surface area contributed by atoms with Gasteiger partial charge in [0, 0.05) is 6.42 Å². The zero-order chi connectivity index (χ0) is 22.8. The van der Waals surface area contributed by atoms with E-state index in [0.29, 0.717) is 50.1 Å². The molecule has 0 aromatic heterocycles. The van der Waals surface area contributed by atoms with Crippen LogP contribution in [0.25, 0.3) is 0 Å². The molecule has 0 N–H and O–H groups in total. The van der Waals surface area contributed by atoms with E-state index in [9.17, 15) is 0 Å². The minimum Gasteiger partial charge on any atom is -0.497 e. The van der Waals surface area contributed by atoms with Crippen LogP contribution in [0.1, 0.15) is 44.1 Å². The van der Waals surface area contributed by atoms with Gasteiger partial charge in [-0.1, -0.05) is 42.4 Å². The van der Waals surface area contributed by atoms with E-state index < -0.39 is 11.6 Å². The number of ether oxygens (including phenoxy) is 5. The van der Waals surface area contributed by atoms with Gasteiger partial charge in [-0.05, 0) is 73.5 Å². The van der Waals surface area contributed by atoms with Crippen molar-refractivity contribution < 1.29 is 23.7 Å². The summed E-state index contributed by atoms with van der Waals surface area (Å²) >= 11 is 0. The first-order chi connectivity index (χ1) is 16.7. The standard InChI is InChI=1S/C29H36O5/c1-30-22-9-6-20(7-10-22)18-27-13-12-24-23-5-3-2-4-21(23)8-11-25(24)26(27)19-28-29(27,33-16-14-31-28)34-17-15-32-28/h6-10,12-13,23-26H,2-5,11,14-19H2,1H3/t23-,24+,25+,26-,27+,28?,29?/m0/s1. The Labute approximate surface area is 202 Å². The lowest BCUT2D eigenvalue weighted by Crippen LogP contribution is -2.70. The minimum atomic E-state index is -0.904. The summed E-state index contributed by atoms with van der Waals surface area (Å²) in [5.41, 5.74) is 2.65. The first-order valence-electron chi connectivity index (χ1n) is 13.3. The summed E-state index contributed by atoms with van der Waals surface area (Å²) in [6.45, 7) is 2.19. The molecule has 4 aliphatic carbocycles. The van der Waals surface area contributed by atoms with Gasteiger partial charge in [0.25, 0.3) is 0 Å². The molecule has 2 saturated heterocycles. The van der Waals surface area contributed by atoms with Gasteiger partial charge < -0.3 is 23.7 Å². The van der Waals surface area contributed by atoms with Crippen LogP contribution in [-0.4, -0.2) is 45.1 Å². The SMILES string of the molecule is COc1ccc(C[C@]23C=C[C@H]4[C@@H](CC=C5CCCC[C@@H]54)[C@@H]2CC24OCCOC23OCCO4)cc1. The van der Waals surface area contributed by atoms with Gasteiger partial charge in [0.05, 0.1) is 39.0 Å². The molecule has 5 heteroatoms. The lowest BCUT2D eigenvalue weighted by molar-refractivity contribution is -0.470. The fourth-order valence-corrected chi connectivity index (χ4v) is 8.51. The van der Waals surface area contributed by atoms with E-state index in [0.717, 1.165) is 25.0 Å². The van der Waals surface area contributed by atoms with Gasteiger partial charge in [0.15, 0.2) is 0 Å². The Morgan fingerprint density at radius 3 is 2.50 bits per heavy atom. The van der Waals surface area contributed by atoms with Crippen LogP contribution >= 0.6 is 0 Å². The number of hydrogen-bond donors (Lipinski definition) is 0. The second-order valence-corrected chi connectivity index (χ2v) is 11.1. The lowest BCUT2D eigenvalue weighted by atomic mass is 9.54. The quantitative estimate of drug-likeness (QED) is 0.586. The molecule has 1 aromatic rings. The highest BCUT2D eigenvalue weighted by molar-refractivity contribution is 5.36. The third-order valence-corrected chi connectivity index (χ3v) is 9.82. The molecule has 5 nitrogen and oxygen atoms in total. The number of benzene rings is 1. The van der Waals surface area contributed by atoms with Gasteiger partial charge in [-0.2, -0.15) is 0 Å². The Kier molecular flexibility index (Phi) is 5.04. The van der Waals surface area contributed by atoms with Gasteiger partial charge in [-0.3, -0.25) is 0 Å². The highest BCUT2D eigenvalue weighted by Crippen LogP contribution is 2.69. The number of methoxy groups -OCH3 is 1. The smallest absolute Gasteiger partial charge is 0.233 e. The fraction of sp³-hybridized carbons (Fsp3) is 0.655. The molecule has 0 amide bonds. The summed E-state index contributed by atoms with van der Waals surface area (Å²) in [5, 5.41) is 0. The molecule has 0 spiro atoms. The Balaban J connectivity index is 1.36. The molecule has 0 bridgehead atoms. The highest BCUT2D eigenvalue weighted by atomic mass is 16.8. The van der Waals surface area contributed by atoms with Crippen molar-refractivity contribution in [2.75, 3.05) is 33.5 Å². The van der Waals surface area contributed by atoms with Crippen molar-refractivity contribution in [1.29, 1.82) is 0 Å². The maximum absolute atomic E-state index is 6.70. The van der Waals surface area contributed by atoms with Crippen molar-refractivity contribution in [2.45, 2.75) is 56.5 Å². The van der Waals surface area contributed by atoms with Crippen LogP contribution in [0, 0.1) is 29.1 Å². The topological polar surface area (TPSA) is 46.2 Å². The summed E-state index contributed by atoms with van der Waals surface area (Å²) < 4.78 is 31.9. The molecule has 2 aliphatic heterocycles. The van der Waals surface area contributed by atoms with Gasteiger partial charge in [-0.15, -0.1) is 0 Å². The van der Waals surface area contributed by atoms with Crippen LogP contribution in [-0.2, 0) is 25.4 Å². The molecule has 5 atom stereocenters. The largest absolute Gasteiger partial charge is 0.497 e. The van der Waals surface area contributed by atoms with Crippen LogP contribution in [0.2, 0.25) is 0 Å². The van der Waals surface area contributed by atoms with E-state index in [1.54, 1.807) is 12.7 Å². The summed E-state index contributed by atoms with van der Waals surface area (Å²) in [7, 11) is 1.72. The number of rotatable bonds is 3. The molecule has 2 heterocycles. The van der Waals surface area contributed by atoms with Crippen LogP contribution in [0.4, 0.5) is 0 Å². The molecule has 1 aromatic carbocycles. The lowest BCUT2D eigenvalue weighted by Gasteiger charge is -2.57. The van der Waals surface area contributed by atoms with Gasteiger partial charge in [0.1, 0.15) is 5.75 Å². The van der Waals surface area contributed by atoms with Crippen molar-refractivity contribution in [3.63, 3.8) is 0 Å². The average molecular weight is 465 g/mol. The van der Waals surface area contributed by atoms with E-state index in [1.165, 1.54) is 31.2 Å². The Hall–Kier alpha value is -1.66. The number of hydrogen-bond acceptors (Lipinski definition) is 5. The van der Waals surface area contributed by atoms with Crippen LogP contribution < -0.4 is 4.74 Å². The van der Waals surface area contributed by atoms with Crippen molar-refractivity contribution in [3.05, 3.63) is 53.6 Å². The minimum absolute atomic E-state index is 0.330. The summed E-state index contributed by atoms with van der Waals surface area (Å²) in [6, 6.07) is 8.50. The molecule has 7 rings (SSSR count). The van der Waals surface area contributed by atoms with E-state index in [-0.39, 0.29) is 5.41 Å². The van der Waals surface area contributed by atoms with Crippen molar-refractivity contribution in [2.24, 2.45) is 29.1 Å². The predicted octanol–water partition coefficient (Wildman–Crippen LogP) is 5.05. The normalized spacial score (nSPS) is 44.7. The fourth-order valence-electron chi connectivity index (χ4n) is 8.51. The van der Waals surface area contributed by atoms with Gasteiger partial charge in [-0.25, -0.2) is 0 Å². The second kappa shape index (κ2) is 7.92. The third kappa shape index (κ3) is 2.81. The predicted molar refractivity (Wildman–Crippen MR) is 127 cm³/mol. The van der Waals surface area contributed by atoms with E-state index in [1.807, 2.05) is 0 Å². The zero-order valence-electron chi connectivity index (χ0n) is 20.2. The summed E-state index contributed by atoms with van der Waals surface area (Å²) in [5.74, 6) is 1.39. The Bertz CT molecular complexity index is 984. The van der Waals surface area contributed by atoms with Crippen LogP contribution in [0.3, 0.4) is 0 Å². The van der Waals surface area contributed by atoms with Crippen molar-refractivity contribution in [1.82, 2.24) is 0 Å². The van der Waals surface area contributed by atoms with Crippen molar-refractivity contribution >= 4 is 0 Å². The molecule has 0 unspecified atom stereocenters. The highest BCUT2D eigenvalue weighted by Gasteiger charge is 2.79. The second-order valence-electron chi connectivity index (χ2n) is 11.1. The molecule has 182 valence electrons. The summed E-state index contributed by atoms with van der Waals surface area (Å²) in [6.07, 6.45) is 15.8. The first-order valence-corrected chi connectivity index (χ1v) is 13.3. The van der Waals surface area contributed by atoms with E-state index >= 15 is 0 Å². The Morgan fingerprint density at radius 2 is 1.74 bits per heavy atom. The molecular weight excluding hydrogens is 428 g/mol. The molecule has 6 aliphatic rings. The molecule has 34 heavy (non-hydrogen) atoms. The molecule has 0 radical (unpaired) electrons. The van der Waals surface area contributed by atoms with Crippen LogP contribution in [0.5, 0.6) is 5.75 Å². The maximum Gasteiger partial charge on any atom is 0.233 e. The number of fused-ring (bicyclic) bond motifs is 5. The van der Waals surface area contributed by atoms with Gasteiger partial charge in [0.2, 0.25) is 11.6 Å². The van der Waals surface area contributed by atoms with E-state index in [2.05, 4.69) is 42.5 Å². The van der Waals surface area contributed by atoms with Gasteiger partial charge >= 0.3 is 0 Å². The molecule has 2 saturated carbocycles. The zero-order valence-corrected chi connectivity index (χ0v) is 20.2. The Morgan fingerprint density at radius 1 is 0.971 bits per heavy atom. The number of allylic oxidation sites excluding steroid dienone is 3. The van der Waals surface area contributed by atoms with Crippen LogP contribution in [0.15, 0.2) is 48.1 Å². The van der Waals surface area contributed by atoms with Crippen molar-refractivity contribution in [3.8, 4) is 5.75 Å². The average Bonchev–Trinajstić information content (AvgIpc) is 3.16. The third-order valence-electron chi connectivity index (χ3n) is 9.82. The first kappa shape index (κ1) is 21.6. The summed E-state index contributed by atoms with van der Waals surface area (Å²) in [4.78, 5) is 0. The molecular formula is C29H36O5. The molecule has 4 fully saturated rings.